The zero-order valence-corrected chi connectivity index (χ0v) is 20.8. The van der Waals surface area contributed by atoms with Crippen LogP contribution in [0, 0.1) is 5.41 Å². The van der Waals surface area contributed by atoms with Crippen molar-refractivity contribution in [3.63, 3.8) is 0 Å². The second-order valence-electron chi connectivity index (χ2n) is 8.95. The number of hydrogen-bond acceptors (Lipinski definition) is 5. The summed E-state index contributed by atoms with van der Waals surface area (Å²) in [6.07, 6.45) is 2.32. The standard InChI is InChI=1S/C26H33N3O4S/c1-26(2,3)24(32)27-20-13-7-14-21(18-20)28-25(34)29-22(30)15-8-16-23(31)33-17-9-12-19-10-5-4-6-11-19/h4-7,10-11,13-14,18H,8-9,12,15-17H2,1-3H3,(H,27,32)(H2,28,29,30,34). The highest BCUT2D eigenvalue weighted by atomic mass is 32.1. The molecule has 34 heavy (non-hydrogen) atoms. The molecule has 0 aliphatic carbocycles. The van der Waals surface area contributed by atoms with Crippen molar-refractivity contribution in [2.24, 2.45) is 5.41 Å². The molecule has 7 nitrogen and oxygen atoms in total. The zero-order valence-electron chi connectivity index (χ0n) is 20.0. The van der Waals surface area contributed by atoms with E-state index in [1.165, 1.54) is 5.56 Å². The van der Waals surface area contributed by atoms with Gasteiger partial charge in [-0.1, -0.05) is 57.2 Å². The SMILES string of the molecule is CC(C)(C)C(=O)Nc1cccc(NC(=S)NC(=O)CCCC(=O)OCCCc2ccccc2)c1. The number of rotatable bonds is 10. The number of nitrogens with one attached hydrogen (secondary N) is 3. The van der Waals surface area contributed by atoms with Crippen molar-refractivity contribution in [1.29, 1.82) is 0 Å². The van der Waals surface area contributed by atoms with Gasteiger partial charge in [-0.05, 0) is 55.2 Å². The van der Waals surface area contributed by atoms with Crippen molar-refractivity contribution in [2.75, 3.05) is 17.2 Å². The molecule has 0 aliphatic heterocycles. The molecule has 0 fully saturated rings. The molecule has 8 heteroatoms. The van der Waals surface area contributed by atoms with Crippen LogP contribution >= 0.6 is 12.2 Å². The van der Waals surface area contributed by atoms with Crippen LogP contribution in [0.5, 0.6) is 0 Å². The number of carbonyl (C=O) groups excluding carboxylic acids is 3. The highest BCUT2D eigenvalue weighted by Crippen LogP contribution is 2.20. The second-order valence-corrected chi connectivity index (χ2v) is 9.36. The van der Waals surface area contributed by atoms with Gasteiger partial charge in [0.15, 0.2) is 5.11 Å². The van der Waals surface area contributed by atoms with E-state index in [2.05, 4.69) is 16.0 Å². The highest BCUT2D eigenvalue weighted by Gasteiger charge is 2.21. The third-order valence-electron chi connectivity index (χ3n) is 4.81. The molecular formula is C26H33N3O4S. The van der Waals surface area contributed by atoms with Crippen molar-refractivity contribution >= 4 is 46.5 Å². The van der Waals surface area contributed by atoms with Gasteiger partial charge in [0.25, 0.3) is 0 Å². The van der Waals surface area contributed by atoms with E-state index in [9.17, 15) is 14.4 Å². The summed E-state index contributed by atoms with van der Waals surface area (Å²) in [5.41, 5.74) is 1.96. The van der Waals surface area contributed by atoms with Gasteiger partial charge in [-0.3, -0.25) is 14.4 Å². The summed E-state index contributed by atoms with van der Waals surface area (Å²) in [5, 5.41) is 8.52. The molecule has 0 aliphatic rings. The molecule has 2 rings (SSSR count). The lowest BCUT2D eigenvalue weighted by atomic mass is 9.95. The molecule has 0 radical (unpaired) electrons. The number of amides is 2. The number of aryl methyl sites for hydroxylation is 1. The minimum absolute atomic E-state index is 0.102. The maximum Gasteiger partial charge on any atom is 0.305 e. The van der Waals surface area contributed by atoms with Gasteiger partial charge in [0.1, 0.15) is 0 Å². The van der Waals surface area contributed by atoms with Crippen LogP contribution in [0.15, 0.2) is 54.6 Å². The first-order valence-corrected chi connectivity index (χ1v) is 11.8. The molecule has 2 amide bonds. The van der Waals surface area contributed by atoms with Crippen LogP contribution in [0.4, 0.5) is 11.4 Å². The first kappa shape index (κ1) is 27.0. The smallest absolute Gasteiger partial charge is 0.305 e. The molecule has 2 aromatic carbocycles. The Hall–Kier alpha value is -3.26. The Bertz CT molecular complexity index is 987. The van der Waals surface area contributed by atoms with Gasteiger partial charge in [-0.25, -0.2) is 0 Å². The average molecular weight is 484 g/mol. The maximum absolute atomic E-state index is 12.1. The lowest BCUT2D eigenvalue weighted by Crippen LogP contribution is -2.34. The number of benzene rings is 2. The quantitative estimate of drug-likeness (QED) is 0.254. The summed E-state index contributed by atoms with van der Waals surface area (Å²) in [6, 6.07) is 17.1. The Morgan fingerprint density at radius 3 is 2.24 bits per heavy atom. The number of ether oxygens (including phenoxy) is 1. The van der Waals surface area contributed by atoms with Crippen molar-refractivity contribution in [2.45, 2.75) is 52.9 Å². The van der Waals surface area contributed by atoms with Crippen LogP contribution in [0.3, 0.4) is 0 Å². The fraction of sp³-hybridized carbons (Fsp3) is 0.385. The fourth-order valence-corrected chi connectivity index (χ4v) is 3.15. The Labute approximate surface area is 206 Å². The molecule has 0 aromatic heterocycles. The van der Waals surface area contributed by atoms with Crippen LogP contribution in [0.1, 0.15) is 52.0 Å². The van der Waals surface area contributed by atoms with Crippen molar-refractivity contribution in [1.82, 2.24) is 5.32 Å². The van der Waals surface area contributed by atoms with Crippen LogP contribution in [-0.2, 0) is 25.5 Å². The van der Waals surface area contributed by atoms with Crippen molar-refractivity contribution < 1.29 is 19.1 Å². The summed E-state index contributed by atoms with van der Waals surface area (Å²) in [5.74, 6) is -0.697. The highest BCUT2D eigenvalue weighted by molar-refractivity contribution is 7.80. The minimum Gasteiger partial charge on any atom is -0.466 e. The van der Waals surface area contributed by atoms with E-state index in [4.69, 9.17) is 17.0 Å². The molecule has 0 saturated heterocycles. The first-order chi connectivity index (χ1) is 16.1. The summed E-state index contributed by atoms with van der Waals surface area (Å²) in [7, 11) is 0. The molecular weight excluding hydrogens is 450 g/mol. The van der Waals surface area contributed by atoms with E-state index in [-0.39, 0.29) is 35.7 Å². The van der Waals surface area contributed by atoms with Crippen LogP contribution in [0.25, 0.3) is 0 Å². The molecule has 182 valence electrons. The van der Waals surface area contributed by atoms with E-state index in [0.717, 1.165) is 12.8 Å². The van der Waals surface area contributed by atoms with Gasteiger partial charge in [0.2, 0.25) is 11.8 Å². The lowest BCUT2D eigenvalue weighted by molar-refractivity contribution is -0.143. The number of anilines is 2. The lowest BCUT2D eigenvalue weighted by Gasteiger charge is -2.18. The van der Waals surface area contributed by atoms with Crippen molar-refractivity contribution in [3.05, 3.63) is 60.2 Å². The molecule has 0 bridgehead atoms. The van der Waals surface area contributed by atoms with Crippen molar-refractivity contribution in [3.8, 4) is 0 Å². The Kier molecular flexibility index (Phi) is 10.7. The Balaban J connectivity index is 1.63. The predicted molar refractivity (Wildman–Crippen MR) is 138 cm³/mol. The Morgan fingerprint density at radius 2 is 1.56 bits per heavy atom. The molecule has 0 atom stereocenters. The molecule has 3 N–H and O–H groups in total. The van der Waals surface area contributed by atoms with Crippen LogP contribution < -0.4 is 16.0 Å². The molecule has 0 unspecified atom stereocenters. The zero-order chi connectivity index (χ0) is 25.0. The third-order valence-corrected chi connectivity index (χ3v) is 5.02. The summed E-state index contributed by atoms with van der Waals surface area (Å²) in [6.45, 7) is 5.87. The molecule has 0 saturated carbocycles. The predicted octanol–water partition coefficient (Wildman–Crippen LogP) is 4.83. The third kappa shape index (κ3) is 10.6. The van der Waals surface area contributed by atoms with Gasteiger partial charge in [-0.15, -0.1) is 0 Å². The van der Waals surface area contributed by atoms with E-state index in [1.807, 2.05) is 51.1 Å². The summed E-state index contributed by atoms with van der Waals surface area (Å²) in [4.78, 5) is 36.1. The van der Waals surface area contributed by atoms with Gasteiger partial charge in [0, 0.05) is 29.6 Å². The van der Waals surface area contributed by atoms with Gasteiger partial charge in [0.05, 0.1) is 6.61 Å². The average Bonchev–Trinajstić information content (AvgIpc) is 2.77. The second kappa shape index (κ2) is 13.4. The number of esters is 1. The van der Waals surface area contributed by atoms with E-state index in [0.29, 0.717) is 24.4 Å². The van der Waals surface area contributed by atoms with E-state index in [1.54, 1.807) is 24.3 Å². The van der Waals surface area contributed by atoms with Gasteiger partial charge < -0.3 is 20.7 Å². The van der Waals surface area contributed by atoms with Crippen LogP contribution in [0.2, 0.25) is 0 Å². The number of hydrogen-bond donors (Lipinski definition) is 3. The normalized spacial score (nSPS) is 10.8. The number of thiocarbonyl (C=S) groups is 1. The fourth-order valence-electron chi connectivity index (χ4n) is 2.92. The number of carbonyl (C=O) groups is 3. The van der Waals surface area contributed by atoms with Gasteiger partial charge >= 0.3 is 5.97 Å². The largest absolute Gasteiger partial charge is 0.466 e. The topological polar surface area (TPSA) is 96.5 Å². The summed E-state index contributed by atoms with van der Waals surface area (Å²) < 4.78 is 5.23. The van der Waals surface area contributed by atoms with Gasteiger partial charge in [-0.2, -0.15) is 0 Å². The monoisotopic (exact) mass is 483 g/mol. The minimum atomic E-state index is -0.513. The summed E-state index contributed by atoms with van der Waals surface area (Å²) >= 11 is 5.19. The van der Waals surface area contributed by atoms with E-state index < -0.39 is 5.41 Å². The van der Waals surface area contributed by atoms with E-state index >= 15 is 0 Å². The molecule has 0 spiro atoms. The maximum atomic E-state index is 12.1. The molecule has 0 heterocycles. The Morgan fingerprint density at radius 1 is 0.882 bits per heavy atom. The molecule has 2 aromatic rings. The van der Waals surface area contributed by atoms with Crippen LogP contribution in [-0.4, -0.2) is 29.5 Å². The first-order valence-electron chi connectivity index (χ1n) is 11.4.